The average Bonchev–Trinajstić information content (AvgIpc) is 3.05. The summed E-state index contributed by atoms with van der Waals surface area (Å²) in [6, 6.07) is 9.81. The first-order valence-corrected chi connectivity index (χ1v) is 10.4. The van der Waals surface area contributed by atoms with Crippen LogP contribution in [0.4, 0.5) is 0 Å². The summed E-state index contributed by atoms with van der Waals surface area (Å²) in [5.74, 6) is -0.929. The van der Waals surface area contributed by atoms with Gasteiger partial charge in [-0.2, -0.15) is 0 Å². The number of carbonyl (C=O) groups is 1. The third-order valence-electron chi connectivity index (χ3n) is 5.44. The first-order valence-electron chi connectivity index (χ1n) is 10.4. The van der Waals surface area contributed by atoms with E-state index >= 15 is 0 Å². The van der Waals surface area contributed by atoms with Gasteiger partial charge in [-0.3, -0.25) is 4.79 Å². The average molecular weight is 420 g/mol. The normalized spacial score (nSPS) is 29.9. The summed E-state index contributed by atoms with van der Waals surface area (Å²) >= 11 is 0. The van der Waals surface area contributed by atoms with Crippen LogP contribution >= 0.6 is 0 Å². The SMILES string of the molecule is C=CCO[C@H]1C[C@](OCc2ccccc2)(C(=O)NCCOC)C[C@H]2OC(C)(C)O[C@@H]12. The highest BCUT2D eigenvalue weighted by Crippen LogP contribution is 2.44. The maximum absolute atomic E-state index is 13.3. The molecular weight excluding hydrogens is 386 g/mol. The Morgan fingerprint density at radius 2 is 2.03 bits per heavy atom. The standard InChI is InChI=1S/C23H33NO6/c1-5-12-27-18-14-23(21(25)24-11-13-26-4,28-16-17-9-7-6-8-10-17)15-19-20(18)30-22(2,3)29-19/h5-10,18-20H,1,11-16H2,2-4H3,(H,24,25)/t18-,19+,20-,23+/m0/s1. The van der Waals surface area contributed by atoms with E-state index in [4.69, 9.17) is 23.7 Å². The summed E-state index contributed by atoms with van der Waals surface area (Å²) in [5, 5.41) is 2.95. The predicted octanol–water partition coefficient (Wildman–Crippen LogP) is 2.59. The molecule has 7 heteroatoms. The van der Waals surface area contributed by atoms with Crippen molar-refractivity contribution in [1.29, 1.82) is 0 Å². The highest BCUT2D eigenvalue weighted by Gasteiger charge is 2.57. The van der Waals surface area contributed by atoms with Crippen LogP contribution in [0.25, 0.3) is 0 Å². The highest BCUT2D eigenvalue weighted by atomic mass is 16.8. The van der Waals surface area contributed by atoms with Gasteiger partial charge < -0.3 is 29.0 Å². The molecule has 1 saturated carbocycles. The molecule has 4 atom stereocenters. The van der Waals surface area contributed by atoms with Crippen LogP contribution in [-0.4, -0.2) is 62.5 Å². The molecule has 0 spiro atoms. The molecule has 2 fully saturated rings. The van der Waals surface area contributed by atoms with Crippen molar-refractivity contribution in [3.8, 4) is 0 Å². The van der Waals surface area contributed by atoms with Gasteiger partial charge in [0.25, 0.3) is 5.91 Å². The summed E-state index contributed by atoms with van der Waals surface area (Å²) in [7, 11) is 1.60. The monoisotopic (exact) mass is 419 g/mol. The molecule has 0 bridgehead atoms. The quantitative estimate of drug-likeness (QED) is 0.464. The molecule has 1 aliphatic heterocycles. The molecule has 1 amide bonds. The van der Waals surface area contributed by atoms with Gasteiger partial charge in [0, 0.05) is 26.5 Å². The van der Waals surface area contributed by atoms with Crippen molar-refractivity contribution in [3.63, 3.8) is 0 Å². The van der Waals surface area contributed by atoms with Crippen molar-refractivity contribution in [2.24, 2.45) is 0 Å². The number of methoxy groups -OCH3 is 1. The Morgan fingerprint density at radius 1 is 1.27 bits per heavy atom. The van der Waals surface area contributed by atoms with Crippen molar-refractivity contribution in [3.05, 3.63) is 48.6 Å². The highest BCUT2D eigenvalue weighted by molar-refractivity contribution is 5.85. The van der Waals surface area contributed by atoms with Crippen LogP contribution < -0.4 is 5.32 Å². The molecule has 1 heterocycles. The molecule has 2 aliphatic rings. The van der Waals surface area contributed by atoms with Crippen LogP contribution in [0.15, 0.2) is 43.0 Å². The maximum Gasteiger partial charge on any atom is 0.252 e. The molecule has 1 aromatic rings. The van der Waals surface area contributed by atoms with E-state index < -0.39 is 11.4 Å². The Bertz CT molecular complexity index is 709. The second kappa shape index (κ2) is 10.0. The molecule has 0 aromatic heterocycles. The molecule has 7 nitrogen and oxygen atoms in total. The van der Waals surface area contributed by atoms with Crippen LogP contribution in [0, 0.1) is 0 Å². The van der Waals surface area contributed by atoms with Crippen molar-refractivity contribution in [2.45, 2.75) is 63.0 Å². The molecule has 1 aromatic carbocycles. The van der Waals surface area contributed by atoms with E-state index in [-0.39, 0.29) is 24.2 Å². The Morgan fingerprint density at radius 3 is 2.73 bits per heavy atom. The summed E-state index contributed by atoms with van der Waals surface area (Å²) in [5.41, 5.74) is -0.100. The smallest absolute Gasteiger partial charge is 0.252 e. The topological polar surface area (TPSA) is 75.3 Å². The number of ether oxygens (including phenoxy) is 5. The van der Waals surface area contributed by atoms with E-state index in [0.29, 0.717) is 39.2 Å². The van der Waals surface area contributed by atoms with Crippen molar-refractivity contribution < 1.29 is 28.5 Å². The number of nitrogens with one attached hydrogen (secondary N) is 1. The molecule has 166 valence electrons. The minimum absolute atomic E-state index is 0.186. The number of amides is 1. The molecule has 1 N–H and O–H groups in total. The molecular formula is C23H33NO6. The zero-order valence-corrected chi connectivity index (χ0v) is 18.1. The lowest BCUT2D eigenvalue weighted by molar-refractivity contribution is -0.180. The second-order valence-electron chi connectivity index (χ2n) is 8.22. The lowest BCUT2D eigenvalue weighted by atomic mass is 9.78. The molecule has 3 rings (SSSR count). The van der Waals surface area contributed by atoms with Gasteiger partial charge in [0.1, 0.15) is 6.10 Å². The fourth-order valence-corrected chi connectivity index (χ4v) is 4.12. The Labute approximate surface area is 178 Å². The van der Waals surface area contributed by atoms with Gasteiger partial charge in [0.05, 0.1) is 32.0 Å². The van der Waals surface area contributed by atoms with Gasteiger partial charge >= 0.3 is 0 Å². The van der Waals surface area contributed by atoms with Crippen LogP contribution in [0.3, 0.4) is 0 Å². The van der Waals surface area contributed by atoms with Crippen LogP contribution in [0.2, 0.25) is 0 Å². The molecule has 1 saturated heterocycles. The Kier molecular flexibility index (Phi) is 7.65. The zero-order valence-electron chi connectivity index (χ0n) is 18.1. The van der Waals surface area contributed by atoms with Gasteiger partial charge in [-0.1, -0.05) is 36.4 Å². The van der Waals surface area contributed by atoms with Gasteiger partial charge in [0.15, 0.2) is 11.4 Å². The number of hydrogen-bond donors (Lipinski definition) is 1. The van der Waals surface area contributed by atoms with E-state index in [2.05, 4.69) is 11.9 Å². The summed E-state index contributed by atoms with van der Waals surface area (Å²) in [4.78, 5) is 13.3. The van der Waals surface area contributed by atoms with Crippen LogP contribution in [0.1, 0.15) is 32.3 Å². The number of fused-ring (bicyclic) bond motifs is 1. The zero-order chi connectivity index (χ0) is 21.6. The Balaban J connectivity index is 1.84. The first kappa shape index (κ1) is 22.9. The first-order chi connectivity index (χ1) is 14.4. The van der Waals surface area contributed by atoms with Gasteiger partial charge in [-0.15, -0.1) is 6.58 Å². The molecule has 30 heavy (non-hydrogen) atoms. The van der Waals surface area contributed by atoms with Crippen LogP contribution in [0.5, 0.6) is 0 Å². The van der Waals surface area contributed by atoms with Crippen LogP contribution in [-0.2, 0) is 35.1 Å². The fourth-order valence-electron chi connectivity index (χ4n) is 4.12. The summed E-state index contributed by atoms with van der Waals surface area (Å²) in [6.45, 7) is 8.99. The number of rotatable bonds is 10. The lowest BCUT2D eigenvalue weighted by Gasteiger charge is -2.43. The van der Waals surface area contributed by atoms with Crippen molar-refractivity contribution >= 4 is 5.91 Å². The third-order valence-corrected chi connectivity index (χ3v) is 5.44. The van der Waals surface area contributed by atoms with E-state index in [0.717, 1.165) is 5.56 Å². The second-order valence-corrected chi connectivity index (χ2v) is 8.22. The predicted molar refractivity (Wildman–Crippen MR) is 112 cm³/mol. The fraction of sp³-hybridized carbons (Fsp3) is 0.609. The van der Waals surface area contributed by atoms with Gasteiger partial charge in [-0.05, 0) is 19.4 Å². The Hall–Kier alpha value is -1.77. The minimum Gasteiger partial charge on any atom is -0.383 e. The summed E-state index contributed by atoms with van der Waals surface area (Å²) in [6.07, 6.45) is 1.52. The van der Waals surface area contributed by atoms with E-state index in [1.54, 1.807) is 13.2 Å². The molecule has 1 aliphatic carbocycles. The lowest BCUT2D eigenvalue weighted by Crippen LogP contribution is -2.60. The van der Waals surface area contributed by atoms with E-state index in [9.17, 15) is 4.79 Å². The van der Waals surface area contributed by atoms with Crippen molar-refractivity contribution in [2.75, 3.05) is 26.9 Å². The van der Waals surface area contributed by atoms with E-state index in [1.807, 2.05) is 44.2 Å². The summed E-state index contributed by atoms with van der Waals surface area (Å²) < 4.78 is 29.7. The minimum atomic E-state index is -1.10. The van der Waals surface area contributed by atoms with E-state index in [1.165, 1.54) is 0 Å². The number of benzene rings is 1. The largest absolute Gasteiger partial charge is 0.383 e. The number of hydrogen-bond acceptors (Lipinski definition) is 6. The van der Waals surface area contributed by atoms with Gasteiger partial charge in [-0.25, -0.2) is 0 Å². The number of carbonyl (C=O) groups excluding carboxylic acids is 1. The third kappa shape index (κ3) is 5.47. The molecule has 0 radical (unpaired) electrons. The van der Waals surface area contributed by atoms with Gasteiger partial charge in [0.2, 0.25) is 0 Å². The van der Waals surface area contributed by atoms with Crippen molar-refractivity contribution in [1.82, 2.24) is 5.32 Å². The maximum atomic E-state index is 13.3. The molecule has 0 unspecified atom stereocenters.